The van der Waals surface area contributed by atoms with Gasteiger partial charge in [0.05, 0.1) is 17.0 Å². The van der Waals surface area contributed by atoms with Crippen LogP contribution < -0.4 is 5.32 Å². The molecule has 1 aliphatic rings. The van der Waals surface area contributed by atoms with Crippen molar-refractivity contribution in [3.63, 3.8) is 0 Å². The van der Waals surface area contributed by atoms with Gasteiger partial charge < -0.3 is 19.9 Å². The lowest BCUT2D eigenvalue weighted by Crippen LogP contribution is -2.39. The smallest absolute Gasteiger partial charge is 0.317 e. The number of fused-ring (bicyclic) bond motifs is 1. The number of nitrogens with zero attached hydrogens (tertiary/aromatic N) is 3. The number of amides is 2. The first-order valence-corrected chi connectivity index (χ1v) is 8.23. The number of para-hydroxylation sites is 2. The average molecular weight is 330 g/mol. The molecule has 7 heteroatoms. The molecular weight excluding hydrogens is 308 g/mol. The third kappa shape index (κ3) is 3.34. The van der Waals surface area contributed by atoms with E-state index >= 15 is 0 Å². The van der Waals surface area contributed by atoms with Gasteiger partial charge in [-0.15, -0.1) is 0 Å². The topological polar surface area (TPSA) is 87.5 Å². The first-order chi connectivity index (χ1) is 11.6. The summed E-state index contributed by atoms with van der Waals surface area (Å²) in [4.78, 5) is 29.1. The molecule has 1 aliphatic heterocycles. The van der Waals surface area contributed by atoms with E-state index in [1.165, 1.54) is 0 Å². The molecule has 3 rings (SSSR count). The molecule has 1 aromatic carbocycles. The van der Waals surface area contributed by atoms with Gasteiger partial charge in [-0.3, -0.25) is 4.79 Å². The molecular formula is C17H22N4O3. The van der Waals surface area contributed by atoms with Crippen LogP contribution in [0.2, 0.25) is 0 Å². The maximum atomic E-state index is 12.1. The van der Waals surface area contributed by atoms with Crippen LogP contribution in [-0.2, 0) is 11.3 Å². The van der Waals surface area contributed by atoms with Gasteiger partial charge in [-0.25, -0.2) is 9.78 Å². The number of urea groups is 1. The number of imidazole rings is 1. The van der Waals surface area contributed by atoms with Crippen molar-refractivity contribution in [3.8, 4) is 0 Å². The Balaban J connectivity index is 1.48. The number of nitrogens with one attached hydrogen (secondary N) is 1. The van der Waals surface area contributed by atoms with E-state index in [1.54, 1.807) is 4.90 Å². The largest absolute Gasteiger partial charge is 0.481 e. The van der Waals surface area contributed by atoms with Crippen LogP contribution in [0.3, 0.4) is 0 Å². The van der Waals surface area contributed by atoms with Crippen molar-refractivity contribution in [1.82, 2.24) is 19.8 Å². The van der Waals surface area contributed by atoms with Gasteiger partial charge in [-0.05, 0) is 31.9 Å². The zero-order valence-electron chi connectivity index (χ0n) is 13.7. The molecule has 7 nitrogen and oxygen atoms in total. The summed E-state index contributed by atoms with van der Waals surface area (Å²) in [5, 5.41) is 11.9. The van der Waals surface area contributed by atoms with E-state index in [1.807, 2.05) is 31.2 Å². The van der Waals surface area contributed by atoms with Crippen LogP contribution in [0, 0.1) is 12.8 Å². The van der Waals surface area contributed by atoms with Crippen LogP contribution in [0.4, 0.5) is 4.79 Å². The van der Waals surface area contributed by atoms with E-state index in [-0.39, 0.29) is 6.03 Å². The molecule has 1 fully saturated rings. The second kappa shape index (κ2) is 6.90. The Labute approximate surface area is 140 Å². The number of carbonyl (C=O) groups excluding carboxylic acids is 1. The summed E-state index contributed by atoms with van der Waals surface area (Å²) in [6, 6.07) is 7.83. The highest BCUT2D eigenvalue weighted by atomic mass is 16.4. The van der Waals surface area contributed by atoms with Crippen LogP contribution in [0.1, 0.15) is 18.7 Å². The molecule has 1 unspecified atom stereocenters. The van der Waals surface area contributed by atoms with Crippen molar-refractivity contribution in [2.24, 2.45) is 5.92 Å². The van der Waals surface area contributed by atoms with Crippen LogP contribution in [0.5, 0.6) is 0 Å². The van der Waals surface area contributed by atoms with Crippen molar-refractivity contribution >= 4 is 23.0 Å². The van der Waals surface area contributed by atoms with Crippen LogP contribution in [0.15, 0.2) is 24.3 Å². The zero-order chi connectivity index (χ0) is 17.1. The summed E-state index contributed by atoms with van der Waals surface area (Å²) in [7, 11) is 0. The van der Waals surface area contributed by atoms with Crippen molar-refractivity contribution in [3.05, 3.63) is 30.1 Å². The number of hydrogen-bond donors (Lipinski definition) is 2. The fourth-order valence-corrected chi connectivity index (χ4v) is 3.17. The van der Waals surface area contributed by atoms with Crippen molar-refractivity contribution in [2.75, 3.05) is 19.6 Å². The predicted octanol–water partition coefficient (Wildman–Crippen LogP) is 1.85. The Hall–Kier alpha value is -2.57. The summed E-state index contributed by atoms with van der Waals surface area (Å²) < 4.78 is 2.15. The highest BCUT2D eigenvalue weighted by Crippen LogP contribution is 2.17. The second-order valence-corrected chi connectivity index (χ2v) is 6.15. The Morgan fingerprint density at radius 2 is 2.17 bits per heavy atom. The molecule has 2 heterocycles. The lowest BCUT2D eigenvalue weighted by Gasteiger charge is -2.17. The van der Waals surface area contributed by atoms with E-state index < -0.39 is 11.9 Å². The maximum Gasteiger partial charge on any atom is 0.317 e. The molecule has 2 aromatic rings. The van der Waals surface area contributed by atoms with Crippen LogP contribution in [-0.4, -0.2) is 51.2 Å². The molecule has 1 aromatic heterocycles. The van der Waals surface area contributed by atoms with Gasteiger partial charge in [0.1, 0.15) is 5.82 Å². The summed E-state index contributed by atoms with van der Waals surface area (Å²) in [6.07, 6.45) is 1.33. The number of carboxylic acid groups (broad SMARTS) is 1. The minimum Gasteiger partial charge on any atom is -0.481 e. The summed E-state index contributed by atoms with van der Waals surface area (Å²) in [5.74, 6) is -0.296. The van der Waals surface area contributed by atoms with E-state index in [0.717, 1.165) is 29.8 Å². The number of carbonyl (C=O) groups is 2. The van der Waals surface area contributed by atoms with Gasteiger partial charge in [0.2, 0.25) is 0 Å². The lowest BCUT2D eigenvalue weighted by atomic mass is 10.1. The third-order valence-electron chi connectivity index (χ3n) is 4.50. The highest BCUT2D eigenvalue weighted by molar-refractivity contribution is 5.77. The van der Waals surface area contributed by atoms with Gasteiger partial charge >= 0.3 is 12.0 Å². The molecule has 0 saturated carbocycles. The van der Waals surface area contributed by atoms with E-state index in [4.69, 9.17) is 5.11 Å². The molecule has 2 amide bonds. The summed E-state index contributed by atoms with van der Waals surface area (Å²) in [6.45, 7) is 4.12. The van der Waals surface area contributed by atoms with Gasteiger partial charge in [0.15, 0.2) is 0 Å². The second-order valence-electron chi connectivity index (χ2n) is 6.15. The summed E-state index contributed by atoms with van der Waals surface area (Å²) >= 11 is 0. The number of aromatic nitrogens is 2. The maximum absolute atomic E-state index is 12.1. The quantitative estimate of drug-likeness (QED) is 0.819. The SMILES string of the molecule is Cc1nc2ccccc2n1CCCNC(=O)N1CCC(C(=O)O)C1. The number of rotatable bonds is 5. The normalized spacial score (nSPS) is 17.4. The van der Waals surface area contributed by atoms with Crippen LogP contribution in [0.25, 0.3) is 11.0 Å². The molecule has 128 valence electrons. The monoisotopic (exact) mass is 330 g/mol. The van der Waals surface area contributed by atoms with Gasteiger partial charge in [0, 0.05) is 26.2 Å². The Bertz CT molecular complexity index is 755. The number of aliphatic carboxylic acids is 1. The molecule has 0 radical (unpaired) electrons. The molecule has 0 spiro atoms. The zero-order valence-corrected chi connectivity index (χ0v) is 13.7. The molecule has 0 aliphatic carbocycles. The third-order valence-corrected chi connectivity index (χ3v) is 4.50. The fourth-order valence-electron chi connectivity index (χ4n) is 3.17. The fraction of sp³-hybridized carbons (Fsp3) is 0.471. The molecule has 2 N–H and O–H groups in total. The Morgan fingerprint density at radius 3 is 2.92 bits per heavy atom. The molecule has 24 heavy (non-hydrogen) atoms. The van der Waals surface area contributed by atoms with Crippen molar-refractivity contribution in [2.45, 2.75) is 26.3 Å². The number of hydrogen-bond acceptors (Lipinski definition) is 3. The first-order valence-electron chi connectivity index (χ1n) is 8.23. The number of likely N-dealkylation sites (tertiary alicyclic amines) is 1. The molecule has 1 saturated heterocycles. The van der Waals surface area contributed by atoms with Crippen molar-refractivity contribution < 1.29 is 14.7 Å². The molecule has 1 atom stereocenters. The average Bonchev–Trinajstić information content (AvgIpc) is 3.16. The minimum absolute atomic E-state index is 0.175. The van der Waals surface area contributed by atoms with Crippen molar-refractivity contribution in [1.29, 1.82) is 0 Å². The predicted molar refractivity (Wildman–Crippen MR) is 89.8 cm³/mol. The summed E-state index contributed by atoms with van der Waals surface area (Å²) in [5.41, 5.74) is 2.08. The van der Waals surface area contributed by atoms with Gasteiger partial charge in [-0.1, -0.05) is 12.1 Å². The number of benzene rings is 1. The lowest BCUT2D eigenvalue weighted by molar-refractivity contribution is -0.141. The number of carboxylic acids is 1. The minimum atomic E-state index is -0.826. The Morgan fingerprint density at radius 1 is 1.38 bits per heavy atom. The van der Waals surface area contributed by atoms with Gasteiger partial charge in [-0.2, -0.15) is 0 Å². The Kier molecular flexibility index (Phi) is 4.69. The highest BCUT2D eigenvalue weighted by Gasteiger charge is 2.30. The van der Waals surface area contributed by atoms with Gasteiger partial charge in [0.25, 0.3) is 0 Å². The van der Waals surface area contributed by atoms with Crippen LogP contribution >= 0.6 is 0 Å². The first kappa shape index (κ1) is 16.3. The van der Waals surface area contributed by atoms with E-state index in [9.17, 15) is 9.59 Å². The molecule has 0 bridgehead atoms. The standard InChI is InChI=1S/C17H22N4O3/c1-12-19-14-5-2-3-6-15(14)21(12)9-4-8-18-17(24)20-10-7-13(11-20)16(22)23/h2-3,5-6,13H,4,7-11H2,1H3,(H,18,24)(H,22,23). The van der Waals surface area contributed by atoms with E-state index in [0.29, 0.717) is 26.1 Å². The number of aryl methyl sites for hydroxylation is 2. The van der Waals surface area contributed by atoms with E-state index in [2.05, 4.69) is 14.9 Å².